The van der Waals surface area contributed by atoms with Crippen molar-refractivity contribution in [3.63, 3.8) is 0 Å². The molecule has 19 heavy (non-hydrogen) atoms. The minimum atomic E-state index is -0.0166. The van der Waals surface area contributed by atoms with Crippen LogP contribution in [0.2, 0.25) is 0 Å². The minimum absolute atomic E-state index is 0.0166. The molecule has 2 saturated heterocycles. The summed E-state index contributed by atoms with van der Waals surface area (Å²) in [6.07, 6.45) is 1.20. The molecule has 1 aromatic carbocycles. The zero-order valence-corrected chi connectivity index (χ0v) is 10.6. The third kappa shape index (κ3) is 1.85. The van der Waals surface area contributed by atoms with Gasteiger partial charge in [-0.2, -0.15) is 0 Å². The fourth-order valence-electron chi connectivity index (χ4n) is 3.24. The first kappa shape index (κ1) is 11.1. The molecule has 5 heteroatoms. The van der Waals surface area contributed by atoms with Crippen LogP contribution in [-0.4, -0.2) is 43.3 Å². The smallest absolute Gasteiger partial charge is 0.251 e. The first-order chi connectivity index (χ1) is 9.29. The third-order valence-electron chi connectivity index (χ3n) is 4.28. The highest BCUT2D eigenvalue weighted by atomic mass is 16.7. The molecule has 3 aliphatic heterocycles. The molecule has 1 aromatic rings. The number of rotatable bonds is 2. The summed E-state index contributed by atoms with van der Waals surface area (Å²) in [6, 6.07) is 5.63. The van der Waals surface area contributed by atoms with Crippen molar-refractivity contribution in [1.82, 2.24) is 10.2 Å². The highest BCUT2D eigenvalue weighted by Crippen LogP contribution is 2.33. The normalized spacial score (nSPS) is 30.6. The second-order valence-corrected chi connectivity index (χ2v) is 5.46. The molecule has 3 atom stereocenters. The lowest BCUT2D eigenvalue weighted by Gasteiger charge is -2.23. The van der Waals surface area contributed by atoms with Crippen molar-refractivity contribution in [3.8, 4) is 11.5 Å². The van der Waals surface area contributed by atoms with E-state index in [9.17, 15) is 4.79 Å². The van der Waals surface area contributed by atoms with Gasteiger partial charge in [0.1, 0.15) is 0 Å². The van der Waals surface area contributed by atoms with E-state index in [0.717, 1.165) is 13.1 Å². The maximum atomic E-state index is 12.3. The second kappa shape index (κ2) is 4.13. The van der Waals surface area contributed by atoms with E-state index >= 15 is 0 Å². The van der Waals surface area contributed by atoms with Gasteiger partial charge in [0.05, 0.1) is 0 Å². The van der Waals surface area contributed by atoms with E-state index in [1.54, 1.807) is 18.2 Å². The number of fused-ring (bicyclic) bond motifs is 3. The Kier molecular flexibility index (Phi) is 2.41. The standard InChI is InChI=1S/C14H16N2O3/c17-14(15-11-7-16-4-3-10(11)6-16)9-1-2-12-13(5-9)19-8-18-12/h1-2,5,10-11H,3-4,6-8H2,(H,15,17). The minimum Gasteiger partial charge on any atom is -0.454 e. The topological polar surface area (TPSA) is 50.8 Å². The highest BCUT2D eigenvalue weighted by Gasteiger charge is 2.38. The number of amides is 1. The summed E-state index contributed by atoms with van der Waals surface area (Å²) in [7, 11) is 0. The Morgan fingerprint density at radius 2 is 2.16 bits per heavy atom. The van der Waals surface area contributed by atoms with Crippen LogP contribution in [-0.2, 0) is 0 Å². The van der Waals surface area contributed by atoms with Crippen LogP contribution >= 0.6 is 0 Å². The Balaban J connectivity index is 1.48. The first-order valence-corrected chi connectivity index (χ1v) is 6.72. The van der Waals surface area contributed by atoms with E-state index in [4.69, 9.17) is 9.47 Å². The summed E-state index contributed by atoms with van der Waals surface area (Å²) in [5.74, 6) is 1.97. The van der Waals surface area contributed by atoms with Crippen LogP contribution in [0.15, 0.2) is 18.2 Å². The number of piperidine rings is 1. The van der Waals surface area contributed by atoms with Gasteiger partial charge in [-0.3, -0.25) is 4.79 Å². The molecule has 4 rings (SSSR count). The van der Waals surface area contributed by atoms with E-state index in [2.05, 4.69) is 10.2 Å². The summed E-state index contributed by atoms with van der Waals surface area (Å²) < 4.78 is 10.5. The number of carbonyl (C=O) groups excluding carboxylic acids is 1. The van der Waals surface area contributed by atoms with Crippen LogP contribution in [0.3, 0.4) is 0 Å². The molecule has 0 aliphatic carbocycles. The molecule has 100 valence electrons. The molecular formula is C14H16N2O3. The SMILES string of the molecule is O=C(NC1CN2CCC1C2)c1ccc2c(c1)OCO2. The molecule has 3 unspecified atom stereocenters. The molecule has 0 radical (unpaired) electrons. The Labute approximate surface area is 111 Å². The second-order valence-electron chi connectivity index (χ2n) is 5.46. The highest BCUT2D eigenvalue weighted by molar-refractivity contribution is 5.95. The Hall–Kier alpha value is -1.75. The third-order valence-corrected chi connectivity index (χ3v) is 4.28. The average molecular weight is 260 g/mol. The molecule has 5 nitrogen and oxygen atoms in total. The van der Waals surface area contributed by atoms with E-state index in [1.807, 2.05) is 0 Å². The lowest BCUT2D eigenvalue weighted by Crippen LogP contribution is -2.43. The monoisotopic (exact) mass is 260 g/mol. The van der Waals surface area contributed by atoms with Gasteiger partial charge in [0.25, 0.3) is 5.91 Å². The van der Waals surface area contributed by atoms with Crippen molar-refractivity contribution in [3.05, 3.63) is 23.8 Å². The van der Waals surface area contributed by atoms with Crippen molar-refractivity contribution in [2.24, 2.45) is 5.92 Å². The Morgan fingerprint density at radius 1 is 1.26 bits per heavy atom. The number of ether oxygens (including phenoxy) is 2. The van der Waals surface area contributed by atoms with Crippen LogP contribution in [0.1, 0.15) is 16.8 Å². The van der Waals surface area contributed by atoms with E-state index in [-0.39, 0.29) is 12.7 Å². The summed E-state index contributed by atoms with van der Waals surface area (Å²) >= 11 is 0. The largest absolute Gasteiger partial charge is 0.454 e. The van der Waals surface area contributed by atoms with Crippen LogP contribution in [0.4, 0.5) is 0 Å². The maximum absolute atomic E-state index is 12.3. The summed E-state index contributed by atoms with van der Waals surface area (Å²) in [4.78, 5) is 14.7. The number of hydrogen-bond acceptors (Lipinski definition) is 4. The molecule has 2 bridgehead atoms. The van der Waals surface area contributed by atoms with Crippen molar-refractivity contribution in [2.45, 2.75) is 12.5 Å². The van der Waals surface area contributed by atoms with Gasteiger partial charge >= 0.3 is 0 Å². The zero-order valence-electron chi connectivity index (χ0n) is 10.6. The number of nitrogens with one attached hydrogen (secondary N) is 1. The summed E-state index contributed by atoms with van der Waals surface area (Å²) in [5.41, 5.74) is 0.641. The van der Waals surface area contributed by atoms with E-state index < -0.39 is 0 Å². The van der Waals surface area contributed by atoms with Crippen molar-refractivity contribution < 1.29 is 14.3 Å². The maximum Gasteiger partial charge on any atom is 0.251 e. The molecule has 0 aromatic heterocycles. The van der Waals surface area contributed by atoms with Gasteiger partial charge in [-0.05, 0) is 37.1 Å². The lowest BCUT2D eigenvalue weighted by molar-refractivity contribution is 0.0924. The summed E-state index contributed by atoms with van der Waals surface area (Å²) in [6.45, 7) is 3.54. The molecular weight excluding hydrogens is 244 g/mol. The summed E-state index contributed by atoms with van der Waals surface area (Å²) in [5, 5.41) is 3.14. The van der Waals surface area contributed by atoms with Crippen LogP contribution in [0.5, 0.6) is 11.5 Å². The molecule has 3 aliphatic rings. The number of benzene rings is 1. The molecule has 2 fully saturated rings. The predicted molar refractivity (Wildman–Crippen MR) is 68.4 cm³/mol. The quantitative estimate of drug-likeness (QED) is 0.856. The van der Waals surface area contributed by atoms with Gasteiger partial charge in [0.15, 0.2) is 11.5 Å². The van der Waals surface area contributed by atoms with E-state index in [0.29, 0.717) is 29.0 Å². The number of nitrogens with zero attached hydrogens (tertiary/aromatic N) is 1. The Morgan fingerprint density at radius 3 is 2.95 bits per heavy atom. The van der Waals surface area contributed by atoms with Gasteiger partial charge in [-0.15, -0.1) is 0 Å². The predicted octanol–water partition coefficient (Wildman–Crippen LogP) is 0.849. The van der Waals surface area contributed by atoms with Crippen molar-refractivity contribution in [1.29, 1.82) is 0 Å². The average Bonchev–Trinajstić information content (AvgIpc) is 3.13. The van der Waals surface area contributed by atoms with Gasteiger partial charge in [0.2, 0.25) is 6.79 Å². The molecule has 1 amide bonds. The van der Waals surface area contributed by atoms with Crippen LogP contribution in [0, 0.1) is 5.92 Å². The first-order valence-electron chi connectivity index (χ1n) is 6.72. The zero-order chi connectivity index (χ0) is 12.8. The number of hydrogen-bond donors (Lipinski definition) is 1. The van der Waals surface area contributed by atoms with Gasteiger partial charge in [0, 0.05) is 24.7 Å². The molecule has 1 N–H and O–H groups in total. The fraction of sp³-hybridized carbons (Fsp3) is 0.500. The van der Waals surface area contributed by atoms with Gasteiger partial charge in [-0.1, -0.05) is 0 Å². The van der Waals surface area contributed by atoms with E-state index in [1.165, 1.54) is 13.0 Å². The fourth-order valence-corrected chi connectivity index (χ4v) is 3.24. The van der Waals surface area contributed by atoms with Gasteiger partial charge in [-0.25, -0.2) is 0 Å². The molecule has 0 saturated carbocycles. The Bertz CT molecular complexity index is 531. The van der Waals surface area contributed by atoms with Crippen molar-refractivity contribution >= 4 is 5.91 Å². The van der Waals surface area contributed by atoms with Gasteiger partial charge < -0.3 is 19.7 Å². The number of carbonyl (C=O) groups is 1. The van der Waals surface area contributed by atoms with Crippen molar-refractivity contribution in [2.75, 3.05) is 26.4 Å². The lowest BCUT2D eigenvalue weighted by atomic mass is 9.99. The molecule has 0 spiro atoms. The van der Waals surface area contributed by atoms with Crippen LogP contribution in [0.25, 0.3) is 0 Å². The molecule has 3 heterocycles. The van der Waals surface area contributed by atoms with Crippen LogP contribution < -0.4 is 14.8 Å².